The first-order chi connectivity index (χ1) is 11.1. The number of rotatable bonds is 7. The molecule has 23 heavy (non-hydrogen) atoms. The number of carbonyl (C=O) groups is 2. The molecule has 0 heterocycles. The first kappa shape index (κ1) is 16.8. The average molecular weight is 325 g/mol. The van der Waals surface area contributed by atoms with Crippen LogP contribution in [-0.4, -0.2) is 22.9 Å². The van der Waals surface area contributed by atoms with Crippen molar-refractivity contribution in [1.82, 2.24) is 0 Å². The van der Waals surface area contributed by atoms with Crippen LogP contribution in [0, 0.1) is 10.7 Å². The summed E-state index contributed by atoms with van der Waals surface area (Å²) in [4.78, 5) is 25.0. The number of ether oxygens (including phenoxy) is 1. The number of ketones is 2. The minimum atomic E-state index is -1.10. The van der Waals surface area contributed by atoms with Gasteiger partial charge < -0.3 is 4.74 Å². The maximum absolute atomic E-state index is 12.5. The lowest BCUT2D eigenvalue weighted by Gasteiger charge is -2.18. The lowest BCUT2D eigenvalue weighted by atomic mass is 10.0. The Morgan fingerprint density at radius 1 is 1.04 bits per heavy atom. The molecular weight excluding hydrogens is 310 g/mol. The molecule has 0 aromatic heterocycles. The highest BCUT2D eigenvalue weighted by molar-refractivity contribution is 8.05. The minimum Gasteiger partial charge on any atom is -0.483 e. The van der Waals surface area contributed by atoms with Gasteiger partial charge in [-0.2, -0.15) is 5.26 Å². The standard InChI is InChI=1S/C18H15NO3S/c1-13(22-15-10-6-3-7-11-15)16(20)18(23-12-19)17(21)14-8-4-2-5-9-14/h2-11,13,18H,1H3. The fourth-order valence-corrected chi connectivity index (χ4v) is 2.68. The number of benzene rings is 2. The van der Waals surface area contributed by atoms with E-state index >= 15 is 0 Å². The summed E-state index contributed by atoms with van der Waals surface area (Å²) in [5.41, 5.74) is 0.403. The van der Waals surface area contributed by atoms with Crippen molar-refractivity contribution in [3.8, 4) is 11.2 Å². The van der Waals surface area contributed by atoms with Crippen molar-refractivity contribution in [2.45, 2.75) is 18.3 Å². The first-order valence-electron chi connectivity index (χ1n) is 7.03. The molecule has 0 N–H and O–H groups in total. The van der Waals surface area contributed by atoms with Gasteiger partial charge >= 0.3 is 0 Å². The predicted octanol–water partition coefficient (Wildman–Crippen LogP) is 3.49. The molecule has 5 heteroatoms. The largest absolute Gasteiger partial charge is 0.483 e. The zero-order chi connectivity index (χ0) is 16.7. The molecule has 0 aliphatic heterocycles. The van der Waals surface area contributed by atoms with Gasteiger partial charge in [-0.05, 0) is 30.8 Å². The number of Topliss-reactive ketones (excluding diaryl/α,β-unsaturated/α-hetero) is 2. The fraction of sp³-hybridized carbons (Fsp3) is 0.167. The van der Waals surface area contributed by atoms with Crippen molar-refractivity contribution >= 4 is 23.3 Å². The van der Waals surface area contributed by atoms with Gasteiger partial charge in [0.25, 0.3) is 0 Å². The zero-order valence-electron chi connectivity index (χ0n) is 12.5. The van der Waals surface area contributed by atoms with Crippen molar-refractivity contribution in [2.24, 2.45) is 0 Å². The van der Waals surface area contributed by atoms with Gasteiger partial charge in [-0.25, -0.2) is 0 Å². The van der Waals surface area contributed by atoms with Gasteiger partial charge in [-0.15, -0.1) is 0 Å². The Balaban J connectivity index is 2.15. The maximum Gasteiger partial charge on any atom is 0.194 e. The number of carbonyl (C=O) groups excluding carboxylic acids is 2. The van der Waals surface area contributed by atoms with Crippen molar-refractivity contribution < 1.29 is 14.3 Å². The molecule has 0 saturated heterocycles. The van der Waals surface area contributed by atoms with E-state index in [4.69, 9.17) is 10.00 Å². The van der Waals surface area contributed by atoms with Crippen molar-refractivity contribution in [3.05, 3.63) is 66.2 Å². The molecule has 2 aromatic rings. The highest BCUT2D eigenvalue weighted by atomic mass is 32.2. The number of nitriles is 1. The Morgan fingerprint density at radius 3 is 2.17 bits per heavy atom. The van der Waals surface area contributed by atoms with Crippen molar-refractivity contribution in [1.29, 1.82) is 5.26 Å². The Bertz CT molecular complexity index is 710. The van der Waals surface area contributed by atoms with Gasteiger partial charge in [-0.1, -0.05) is 48.5 Å². The average Bonchev–Trinajstić information content (AvgIpc) is 2.60. The predicted molar refractivity (Wildman–Crippen MR) is 89.3 cm³/mol. The zero-order valence-corrected chi connectivity index (χ0v) is 13.3. The van der Waals surface area contributed by atoms with Crippen LogP contribution in [-0.2, 0) is 4.79 Å². The Morgan fingerprint density at radius 2 is 1.61 bits per heavy atom. The Labute approximate surface area is 139 Å². The second-order valence-electron chi connectivity index (χ2n) is 4.79. The van der Waals surface area contributed by atoms with Gasteiger partial charge in [0.15, 0.2) is 17.7 Å². The molecule has 2 rings (SSSR count). The van der Waals surface area contributed by atoms with Gasteiger partial charge in [0.1, 0.15) is 16.4 Å². The third kappa shape index (κ3) is 4.44. The van der Waals surface area contributed by atoms with Crippen LogP contribution in [0.1, 0.15) is 17.3 Å². The summed E-state index contributed by atoms with van der Waals surface area (Å²) >= 11 is 0.653. The van der Waals surface area contributed by atoms with E-state index in [0.717, 1.165) is 0 Å². The fourth-order valence-electron chi connectivity index (χ4n) is 2.02. The van der Waals surface area contributed by atoms with Crippen molar-refractivity contribution in [2.75, 3.05) is 0 Å². The van der Waals surface area contributed by atoms with E-state index in [1.165, 1.54) is 0 Å². The molecule has 2 aromatic carbocycles. The monoisotopic (exact) mass is 325 g/mol. The quantitative estimate of drug-likeness (QED) is 0.443. The van der Waals surface area contributed by atoms with E-state index in [1.807, 2.05) is 11.5 Å². The highest BCUT2D eigenvalue weighted by Crippen LogP contribution is 2.20. The lowest BCUT2D eigenvalue weighted by Crippen LogP contribution is -2.37. The molecular formula is C18H15NO3S. The summed E-state index contributed by atoms with van der Waals surface area (Å²) < 4.78 is 5.56. The highest BCUT2D eigenvalue weighted by Gasteiger charge is 2.32. The van der Waals surface area contributed by atoms with E-state index in [0.29, 0.717) is 23.1 Å². The summed E-state index contributed by atoms with van der Waals surface area (Å²) in [5.74, 6) is -0.263. The summed E-state index contributed by atoms with van der Waals surface area (Å²) in [7, 11) is 0. The van der Waals surface area contributed by atoms with Crippen LogP contribution in [0.5, 0.6) is 5.75 Å². The molecule has 116 valence electrons. The van der Waals surface area contributed by atoms with Gasteiger partial charge in [-0.3, -0.25) is 9.59 Å². The van der Waals surface area contributed by atoms with E-state index in [-0.39, 0.29) is 5.78 Å². The summed E-state index contributed by atoms with van der Waals surface area (Å²) in [5, 5.41) is 9.66. The number of hydrogen-bond acceptors (Lipinski definition) is 5. The Hall–Kier alpha value is -2.58. The second kappa shape index (κ2) is 8.16. The van der Waals surface area contributed by atoms with Gasteiger partial charge in [0.2, 0.25) is 0 Å². The third-order valence-corrected chi connectivity index (χ3v) is 3.97. The molecule has 0 fully saturated rings. The van der Waals surface area contributed by atoms with E-state index in [9.17, 15) is 9.59 Å². The molecule has 0 aliphatic carbocycles. The van der Waals surface area contributed by atoms with Gasteiger partial charge in [0, 0.05) is 5.56 Å². The number of nitrogens with zero attached hydrogens (tertiary/aromatic N) is 1. The van der Waals surface area contributed by atoms with E-state index in [1.54, 1.807) is 61.5 Å². The van der Waals surface area contributed by atoms with Crippen LogP contribution >= 0.6 is 11.8 Å². The smallest absolute Gasteiger partial charge is 0.194 e. The third-order valence-electron chi connectivity index (χ3n) is 3.18. The SMILES string of the molecule is CC(Oc1ccccc1)C(=O)C(SC#N)C(=O)c1ccccc1. The number of hydrogen-bond donors (Lipinski definition) is 0. The maximum atomic E-state index is 12.5. The molecule has 2 unspecified atom stereocenters. The molecule has 4 nitrogen and oxygen atoms in total. The van der Waals surface area contributed by atoms with E-state index in [2.05, 4.69) is 0 Å². The Kier molecular flexibility index (Phi) is 5.95. The van der Waals surface area contributed by atoms with Crippen LogP contribution in [0.2, 0.25) is 0 Å². The molecule has 0 radical (unpaired) electrons. The van der Waals surface area contributed by atoms with Crippen LogP contribution in [0.15, 0.2) is 60.7 Å². The van der Waals surface area contributed by atoms with Crippen LogP contribution < -0.4 is 4.74 Å². The number of thiocyanates is 1. The molecule has 0 amide bonds. The van der Waals surface area contributed by atoms with Crippen LogP contribution in [0.3, 0.4) is 0 Å². The molecule has 0 bridgehead atoms. The van der Waals surface area contributed by atoms with Crippen LogP contribution in [0.25, 0.3) is 0 Å². The van der Waals surface area contributed by atoms with Gasteiger partial charge in [0.05, 0.1) is 0 Å². The second-order valence-corrected chi connectivity index (χ2v) is 5.68. The molecule has 0 aliphatic rings. The normalized spacial score (nSPS) is 12.7. The van der Waals surface area contributed by atoms with Crippen LogP contribution in [0.4, 0.5) is 0 Å². The lowest BCUT2D eigenvalue weighted by molar-refractivity contribution is -0.123. The summed E-state index contributed by atoms with van der Waals surface area (Å²) in [6, 6.07) is 17.4. The number of para-hydroxylation sites is 1. The summed E-state index contributed by atoms with van der Waals surface area (Å²) in [6.07, 6.45) is -0.823. The molecule has 0 spiro atoms. The molecule has 2 atom stereocenters. The minimum absolute atomic E-state index is 0.384. The topological polar surface area (TPSA) is 67.2 Å². The number of thioether (sulfide) groups is 1. The molecule has 0 saturated carbocycles. The summed E-state index contributed by atoms with van der Waals surface area (Å²) in [6.45, 7) is 1.58. The van der Waals surface area contributed by atoms with Crippen molar-refractivity contribution in [3.63, 3.8) is 0 Å². The first-order valence-corrected chi connectivity index (χ1v) is 7.91. The van der Waals surface area contributed by atoms with E-state index < -0.39 is 17.1 Å².